The lowest BCUT2D eigenvalue weighted by Gasteiger charge is -2.20. The maximum atomic E-state index is 10.7. The zero-order valence-corrected chi connectivity index (χ0v) is 10.5. The first kappa shape index (κ1) is 14.6. The minimum absolute atomic E-state index is 0.154. The monoisotopic (exact) mass is 252 g/mol. The van der Waals surface area contributed by atoms with Crippen molar-refractivity contribution in [3.05, 3.63) is 35.4 Å². The predicted molar refractivity (Wildman–Crippen MR) is 68.6 cm³/mol. The first-order valence-electron chi connectivity index (χ1n) is 5.94. The Hall–Kier alpha value is -1.43. The highest BCUT2D eigenvalue weighted by atomic mass is 16.3. The van der Waals surface area contributed by atoms with Crippen molar-refractivity contribution in [3.8, 4) is 0 Å². The zero-order chi connectivity index (χ0) is 13.5. The quantitative estimate of drug-likeness (QED) is 0.576. The van der Waals surface area contributed by atoms with Crippen LogP contribution in [0.1, 0.15) is 30.6 Å². The standard InChI is InChI=1S/C13H20N2O3/c1-9(16)15-7-6-12(17)13(18)11-5-3-2-4-10(11)8-14/h2-5,12-13,17-18H,6-8,14H2,1H3,(H,15,16). The number of aliphatic hydroxyl groups excluding tert-OH is 2. The van der Waals surface area contributed by atoms with Gasteiger partial charge in [-0.1, -0.05) is 24.3 Å². The van der Waals surface area contributed by atoms with E-state index in [2.05, 4.69) is 5.32 Å². The average Bonchev–Trinajstić information content (AvgIpc) is 2.37. The molecule has 0 bridgehead atoms. The van der Waals surface area contributed by atoms with Gasteiger partial charge in [0.1, 0.15) is 6.10 Å². The molecule has 0 aliphatic carbocycles. The van der Waals surface area contributed by atoms with Crippen LogP contribution in [-0.2, 0) is 11.3 Å². The molecule has 1 aromatic rings. The van der Waals surface area contributed by atoms with Gasteiger partial charge in [0.05, 0.1) is 6.10 Å². The van der Waals surface area contributed by atoms with Crippen LogP contribution in [0.4, 0.5) is 0 Å². The second-order valence-electron chi connectivity index (χ2n) is 4.19. The van der Waals surface area contributed by atoms with Gasteiger partial charge in [-0.2, -0.15) is 0 Å². The normalized spacial score (nSPS) is 14.0. The maximum absolute atomic E-state index is 10.7. The number of hydrogen-bond acceptors (Lipinski definition) is 4. The molecular formula is C13H20N2O3. The Bertz CT molecular complexity index is 396. The third-order valence-electron chi connectivity index (χ3n) is 2.77. The largest absolute Gasteiger partial charge is 0.390 e. The zero-order valence-electron chi connectivity index (χ0n) is 10.5. The van der Waals surface area contributed by atoms with Crippen molar-refractivity contribution in [2.24, 2.45) is 5.73 Å². The molecule has 0 fully saturated rings. The van der Waals surface area contributed by atoms with Crippen molar-refractivity contribution in [1.82, 2.24) is 5.32 Å². The Kier molecular flexibility index (Phi) is 5.77. The van der Waals surface area contributed by atoms with E-state index in [4.69, 9.17) is 5.73 Å². The van der Waals surface area contributed by atoms with Crippen molar-refractivity contribution < 1.29 is 15.0 Å². The summed E-state index contributed by atoms with van der Waals surface area (Å²) in [5.74, 6) is -0.154. The van der Waals surface area contributed by atoms with Gasteiger partial charge in [-0.05, 0) is 17.5 Å². The van der Waals surface area contributed by atoms with E-state index in [1.54, 1.807) is 12.1 Å². The van der Waals surface area contributed by atoms with Crippen molar-refractivity contribution in [2.75, 3.05) is 6.54 Å². The molecule has 1 rings (SSSR count). The van der Waals surface area contributed by atoms with Crippen LogP contribution in [0, 0.1) is 0 Å². The molecule has 2 atom stereocenters. The molecule has 0 radical (unpaired) electrons. The molecule has 0 spiro atoms. The first-order valence-corrected chi connectivity index (χ1v) is 5.94. The lowest BCUT2D eigenvalue weighted by Crippen LogP contribution is -2.28. The smallest absolute Gasteiger partial charge is 0.216 e. The van der Waals surface area contributed by atoms with Crippen LogP contribution in [0.5, 0.6) is 0 Å². The maximum Gasteiger partial charge on any atom is 0.216 e. The molecular weight excluding hydrogens is 232 g/mol. The predicted octanol–water partition coefficient (Wildman–Crippen LogP) is 0.0658. The SMILES string of the molecule is CC(=O)NCCC(O)C(O)c1ccccc1CN. The number of benzene rings is 1. The number of aliphatic hydroxyl groups is 2. The molecule has 100 valence electrons. The Morgan fingerprint density at radius 2 is 2.06 bits per heavy atom. The third-order valence-corrected chi connectivity index (χ3v) is 2.77. The van der Waals surface area contributed by atoms with Gasteiger partial charge in [0.25, 0.3) is 0 Å². The van der Waals surface area contributed by atoms with E-state index in [0.29, 0.717) is 25.1 Å². The average molecular weight is 252 g/mol. The molecule has 0 aromatic heterocycles. The van der Waals surface area contributed by atoms with Gasteiger partial charge in [0.2, 0.25) is 5.91 Å². The van der Waals surface area contributed by atoms with E-state index in [1.807, 2.05) is 12.1 Å². The van der Waals surface area contributed by atoms with Gasteiger partial charge in [0, 0.05) is 20.0 Å². The molecule has 1 amide bonds. The van der Waals surface area contributed by atoms with Crippen molar-refractivity contribution in [2.45, 2.75) is 32.1 Å². The lowest BCUT2D eigenvalue weighted by atomic mass is 9.97. The van der Waals surface area contributed by atoms with E-state index in [0.717, 1.165) is 5.56 Å². The van der Waals surface area contributed by atoms with Gasteiger partial charge in [-0.15, -0.1) is 0 Å². The van der Waals surface area contributed by atoms with E-state index in [-0.39, 0.29) is 5.91 Å². The highest BCUT2D eigenvalue weighted by molar-refractivity contribution is 5.72. The number of nitrogens with two attached hydrogens (primary N) is 1. The summed E-state index contributed by atoms with van der Waals surface area (Å²) >= 11 is 0. The van der Waals surface area contributed by atoms with E-state index in [1.165, 1.54) is 6.92 Å². The number of carbonyl (C=O) groups is 1. The fourth-order valence-corrected chi connectivity index (χ4v) is 1.77. The third kappa shape index (κ3) is 4.10. The van der Waals surface area contributed by atoms with Crippen LogP contribution in [0.2, 0.25) is 0 Å². The number of hydrogen-bond donors (Lipinski definition) is 4. The summed E-state index contributed by atoms with van der Waals surface area (Å²) in [6.45, 7) is 2.05. The first-order chi connectivity index (χ1) is 8.56. The number of amides is 1. The van der Waals surface area contributed by atoms with Crippen LogP contribution in [0.25, 0.3) is 0 Å². The fraction of sp³-hybridized carbons (Fsp3) is 0.462. The highest BCUT2D eigenvalue weighted by Crippen LogP contribution is 2.22. The Balaban J connectivity index is 2.62. The van der Waals surface area contributed by atoms with Gasteiger partial charge in [-0.25, -0.2) is 0 Å². The molecule has 1 aromatic carbocycles. The number of carbonyl (C=O) groups excluding carboxylic acids is 1. The summed E-state index contributed by atoms with van der Waals surface area (Å²) in [7, 11) is 0. The van der Waals surface area contributed by atoms with Crippen LogP contribution >= 0.6 is 0 Å². The molecule has 0 aliphatic heterocycles. The van der Waals surface area contributed by atoms with E-state index in [9.17, 15) is 15.0 Å². The van der Waals surface area contributed by atoms with Gasteiger partial charge in [-0.3, -0.25) is 4.79 Å². The molecule has 5 heteroatoms. The molecule has 0 saturated heterocycles. The Labute approximate surface area is 107 Å². The summed E-state index contributed by atoms with van der Waals surface area (Å²) in [5, 5.41) is 22.5. The molecule has 18 heavy (non-hydrogen) atoms. The van der Waals surface area contributed by atoms with Crippen molar-refractivity contribution in [3.63, 3.8) is 0 Å². The van der Waals surface area contributed by atoms with Gasteiger partial charge in [0.15, 0.2) is 0 Å². The fourth-order valence-electron chi connectivity index (χ4n) is 1.77. The molecule has 5 N–H and O–H groups in total. The second-order valence-corrected chi connectivity index (χ2v) is 4.19. The number of nitrogens with one attached hydrogen (secondary N) is 1. The second kappa shape index (κ2) is 7.10. The molecule has 2 unspecified atom stereocenters. The van der Waals surface area contributed by atoms with Crippen LogP contribution in [-0.4, -0.2) is 28.8 Å². The molecule has 0 saturated carbocycles. The molecule has 5 nitrogen and oxygen atoms in total. The van der Waals surface area contributed by atoms with Crippen LogP contribution in [0.3, 0.4) is 0 Å². The lowest BCUT2D eigenvalue weighted by molar-refractivity contribution is -0.119. The Morgan fingerprint density at radius 1 is 1.39 bits per heavy atom. The summed E-state index contributed by atoms with van der Waals surface area (Å²) in [6, 6.07) is 7.19. The molecule has 0 aliphatic rings. The van der Waals surface area contributed by atoms with Crippen molar-refractivity contribution in [1.29, 1.82) is 0 Å². The van der Waals surface area contributed by atoms with Gasteiger partial charge < -0.3 is 21.3 Å². The summed E-state index contributed by atoms with van der Waals surface area (Å²) in [4.78, 5) is 10.7. The molecule has 0 heterocycles. The van der Waals surface area contributed by atoms with E-state index < -0.39 is 12.2 Å². The summed E-state index contributed by atoms with van der Waals surface area (Å²) in [5.41, 5.74) is 7.02. The minimum Gasteiger partial charge on any atom is -0.390 e. The summed E-state index contributed by atoms with van der Waals surface area (Å²) in [6.07, 6.45) is -1.62. The highest BCUT2D eigenvalue weighted by Gasteiger charge is 2.20. The number of rotatable bonds is 6. The topological polar surface area (TPSA) is 95.6 Å². The Morgan fingerprint density at radius 3 is 2.67 bits per heavy atom. The van der Waals surface area contributed by atoms with Crippen molar-refractivity contribution >= 4 is 5.91 Å². The van der Waals surface area contributed by atoms with Gasteiger partial charge >= 0.3 is 0 Å². The minimum atomic E-state index is -0.987. The van der Waals surface area contributed by atoms with E-state index >= 15 is 0 Å². The summed E-state index contributed by atoms with van der Waals surface area (Å²) < 4.78 is 0. The van der Waals surface area contributed by atoms with Crippen LogP contribution in [0.15, 0.2) is 24.3 Å². The van der Waals surface area contributed by atoms with Crippen LogP contribution < -0.4 is 11.1 Å².